The molecule has 0 aromatic carbocycles. The molecule has 1 N–H and O–H groups in total. The Morgan fingerprint density at radius 2 is 2.11 bits per heavy atom. The number of anilines is 1. The number of hydrogen-bond donors (Lipinski definition) is 1. The van der Waals surface area contributed by atoms with Crippen LogP contribution in [0, 0.1) is 6.92 Å². The maximum absolute atomic E-state index is 12.8. The van der Waals surface area contributed by atoms with E-state index in [9.17, 15) is 8.78 Å². The highest BCUT2D eigenvalue weighted by Crippen LogP contribution is 2.26. The van der Waals surface area contributed by atoms with Gasteiger partial charge in [-0.1, -0.05) is 0 Å². The summed E-state index contributed by atoms with van der Waals surface area (Å²) in [5, 5.41) is 7.04. The molecule has 0 saturated heterocycles. The van der Waals surface area contributed by atoms with Gasteiger partial charge in [0.2, 0.25) is 5.95 Å². The minimum atomic E-state index is -2.63. The van der Waals surface area contributed by atoms with Crippen LogP contribution >= 0.6 is 0 Å². The van der Waals surface area contributed by atoms with E-state index in [0.29, 0.717) is 12.2 Å². The quantitative estimate of drug-likeness (QED) is 0.925. The van der Waals surface area contributed by atoms with Gasteiger partial charge in [-0.15, -0.1) is 0 Å². The summed E-state index contributed by atoms with van der Waals surface area (Å²) in [4.78, 5) is 8.03. The van der Waals surface area contributed by atoms with Gasteiger partial charge in [0.1, 0.15) is 5.69 Å². The Kier molecular flexibility index (Phi) is 3.73. The molecule has 0 unspecified atom stereocenters. The third-order valence-corrected chi connectivity index (χ3v) is 2.59. The fourth-order valence-corrected chi connectivity index (χ4v) is 1.80. The molecule has 5 nitrogen and oxygen atoms in total. The molecule has 2 heterocycles. The monoisotopic (exact) mass is 267 g/mol. The van der Waals surface area contributed by atoms with Crippen molar-refractivity contribution >= 4 is 5.95 Å². The van der Waals surface area contributed by atoms with Crippen LogP contribution in [0.15, 0.2) is 12.3 Å². The van der Waals surface area contributed by atoms with Gasteiger partial charge in [-0.25, -0.2) is 18.7 Å². The summed E-state index contributed by atoms with van der Waals surface area (Å²) in [5.41, 5.74) is 1.63. The van der Waals surface area contributed by atoms with Crippen molar-refractivity contribution in [1.82, 2.24) is 19.7 Å². The molecule has 102 valence electrons. The number of halogens is 2. The van der Waals surface area contributed by atoms with Gasteiger partial charge >= 0.3 is 0 Å². The van der Waals surface area contributed by atoms with E-state index in [2.05, 4.69) is 20.4 Å². The van der Waals surface area contributed by atoms with Crippen LogP contribution in [0.3, 0.4) is 0 Å². The molecule has 0 amide bonds. The molecule has 0 aliphatic rings. The zero-order valence-electron chi connectivity index (χ0n) is 11.0. The van der Waals surface area contributed by atoms with E-state index in [1.807, 2.05) is 13.8 Å². The zero-order chi connectivity index (χ0) is 14.0. The van der Waals surface area contributed by atoms with Crippen molar-refractivity contribution in [3.05, 3.63) is 23.7 Å². The first-order valence-electron chi connectivity index (χ1n) is 5.93. The highest BCUT2D eigenvalue weighted by Gasteiger charge is 2.16. The van der Waals surface area contributed by atoms with Crippen molar-refractivity contribution in [3.8, 4) is 11.3 Å². The second-order valence-electron chi connectivity index (χ2n) is 4.13. The summed E-state index contributed by atoms with van der Waals surface area (Å²) in [7, 11) is 1.77. The number of aryl methyl sites for hydroxylation is 2. The van der Waals surface area contributed by atoms with E-state index in [0.717, 1.165) is 11.3 Å². The van der Waals surface area contributed by atoms with Crippen LogP contribution in [0.4, 0.5) is 14.7 Å². The second-order valence-corrected chi connectivity index (χ2v) is 4.13. The first-order chi connectivity index (χ1) is 9.01. The molecule has 0 bridgehead atoms. The van der Waals surface area contributed by atoms with Gasteiger partial charge in [0.15, 0.2) is 0 Å². The maximum Gasteiger partial charge on any atom is 0.280 e. The molecule has 2 aromatic rings. The number of alkyl halides is 2. The average Bonchev–Trinajstić information content (AvgIpc) is 2.68. The molecule has 0 saturated carbocycles. The van der Waals surface area contributed by atoms with Crippen LogP contribution in [0.1, 0.15) is 24.7 Å². The Hall–Kier alpha value is -2.05. The molecule has 19 heavy (non-hydrogen) atoms. The number of nitrogens with one attached hydrogen (secondary N) is 1. The summed E-state index contributed by atoms with van der Waals surface area (Å²) < 4.78 is 27.3. The third-order valence-electron chi connectivity index (χ3n) is 2.59. The van der Waals surface area contributed by atoms with Crippen molar-refractivity contribution in [2.24, 2.45) is 7.05 Å². The predicted molar refractivity (Wildman–Crippen MR) is 68.1 cm³/mol. The van der Waals surface area contributed by atoms with Crippen LogP contribution in [0.2, 0.25) is 0 Å². The Balaban J connectivity index is 2.52. The zero-order valence-corrected chi connectivity index (χ0v) is 11.0. The molecule has 0 spiro atoms. The van der Waals surface area contributed by atoms with Gasteiger partial charge in [0.05, 0.1) is 11.4 Å². The predicted octanol–water partition coefficient (Wildman–Crippen LogP) is 2.55. The number of aromatic nitrogens is 4. The van der Waals surface area contributed by atoms with Gasteiger partial charge in [0, 0.05) is 25.4 Å². The largest absolute Gasteiger partial charge is 0.354 e. The van der Waals surface area contributed by atoms with E-state index in [-0.39, 0.29) is 11.6 Å². The smallest absolute Gasteiger partial charge is 0.280 e. The normalized spacial score (nSPS) is 11.1. The number of nitrogens with zero attached hydrogens (tertiary/aromatic N) is 4. The summed E-state index contributed by atoms with van der Waals surface area (Å²) in [5.74, 6) is 0.207. The topological polar surface area (TPSA) is 55.6 Å². The number of hydrogen-bond acceptors (Lipinski definition) is 4. The lowest BCUT2D eigenvalue weighted by molar-refractivity contribution is 0.146. The van der Waals surface area contributed by atoms with Crippen LogP contribution in [-0.2, 0) is 7.05 Å². The van der Waals surface area contributed by atoms with E-state index < -0.39 is 6.43 Å². The SMILES string of the molecule is CCNc1nc(-c2cn(C)nc2C)cc(C(F)F)n1. The third kappa shape index (κ3) is 2.86. The molecule has 0 aliphatic heterocycles. The number of rotatable bonds is 4. The van der Waals surface area contributed by atoms with E-state index >= 15 is 0 Å². The van der Waals surface area contributed by atoms with Crippen LogP contribution in [-0.4, -0.2) is 26.3 Å². The highest BCUT2D eigenvalue weighted by molar-refractivity contribution is 5.62. The fraction of sp³-hybridized carbons (Fsp3) is 0.417. The van der Waals surface area contributed by atoms with Crippen molar-refractivity contribution in [1.29, 1.82) is 0 Å². The summed E-state index contributed by atoms with van der Waals surface area (Å²) >= 11 is 0. The minimum Gasteiger partial charge on any atom is -0.354 e. The van der Waals surface area contributed by atoms with Crippen LogP contribution in [0.25, 0.3) is 11.3 Å². The van der Waals surface area contributed by atoms with Crippen LogP contribution in [0.5, 0.6) is 0 Å². The maximum atomic E-state index is 12.8. The summed E-state index contributed by atoms with van der Waals surface area (Å²) in [6.07, 6.45) is -0.876. The molecule has 2 aromatic heterocycles. The lowest BCUT2D eigenvalue weighted by Gasteiger charge is -2.07. The van der Waals surface area contributed by atoms with E-state index in [1.54, 1.807) is 17.9 Å². The lowest BCUT2D eigenvalue weighted by Crippen LogP contribution is -2.05. The molecule has 0 fully saturated rings. The molecule has 0 aliphatic carbocycles. The van der Waals surface area contributed by atoms with Gasteiger partial charge in [-0.2, -0.15) is 5.10 Å². The van der Waals surface area contributed by atoms with Gasteiger partial charge in [-0.3, -0.25) is 4.68 Å². The Labute approximate surface area is 109 Å². The summed E-state index contributed by atoms with van der Waals surface area (Å²) in [6.45, 7) is 4.23. The minimum absolute atomic E-state index is 0.207. The average molecular weight is 267 g/mol. The fourth-order valence-electron chi connectivity index (χ4n) is 1.80. The van der Waals surface area contributed by atoms with Crippen LogP contribution < -0.4 is 5.32 Å². The standard InChI is InChI=1S/C12H15F2N5/c1-4-15-12-16-9(5-10(17-12)11(13)14)8-6-19(3)18-7(8)2/h5-6,11H,4H2,1-3H3,(H,15,16,17). The van der Waals surface area contributed by atoms with Crippen molar-refractivity contribution in [3.63, 3.8) is 0 Å². The summed E-state index contributed by atoms with van der Waals surface area (Å²) in [6, 6.07) is 1.30. The Morgan fingerprint density at radius 3 is 2.63 bits per heavy atom. The molecular weight excluding hydrogens is 252 g/mol. The first-order valence-corrected chi connectivity index (χ1v) is 5.93. The highest BCUT2D eigenvalue weighted by atomic mass is 19.3. The Bertz CT molecular complexity index is 579. The van der Waals surface area contributed by atoms with Crippen molar-refractivity contribution < 1.29 is 8.78 Å². The van der Waals surface area contributed by atoms with Gasteiger partial charge < -0.3 is 5.32 Å². The van der Waals surface area contributed by atoms with Gasteiger partial charge in [0.25, 0.3) is 6.43 Å². The van der Waals surface area contributed by atoms with Crippen molar-refractivity contribution in [2.45, 2.75) is 20.3 Å². The molecule has 2 rings (SSSR count). The van der Waals surface area contributed by atoms with Gasteiger partial charge in [-0.05, 0) is 19.9 Å². The molecule has 7 heteroatoms. The first kappa shape index (κ1) is 13.4. The second kappa shape index (κ2) is 5.29. The molecular formula is C12H15F2N5. The lowest BCUT2D eigenvalue weighted by atomic mass is 10.1. The van der Waals surface area contributed by atoms with E-state index in [1.165, 1.54) is 6.07 Å². The molecule has 0 atom stereocenters. The van der Waals surface area contributed by atoms with E-state index in [4.69, 9.17) is 0 Å². The molecule has 0 radical (unpaired) electrons. The Morgan fingerprint density at radius 1 is 1.37 bits per heavy atom. The van der Waals surface area contributed by atoms with Crippen molar-refractivity contribution in [2.75, 3.05) is 11.9 Å².